The van der Waals surface area contributed by atoms with Crippen LogP contribution in [0.25, 0.3) is 11.1 Å². The quantitative estimate of drug-likeness (QED) is 0.783. The number of fused-ring (bicyclic) bond motifs is 3. The van der Waals surface area contributed by atoms with Crippen LogP contribution in [0.4, 0.5) is 9.59 Å². The van der Waals surface area contributed by atoms with Gasteiger partial charge in [0.1, 0.15) is 12.2 Å². The summed E-state index contributed by atoms with van der Waals surface area (Å²) in [7, 11) is 0. The molecular formula is C23H28N2O4. The van der Waals surface area contributed by atoms with E-state index >= 15 is 0 Å². The molecule has 6 heteroatoms. The van der Waals surface area contributed by atoms with E-state index in [9.17, 15) is 9.59 Å². The molecule has 2 amide bonds. The minimum Gasteiger partial charge on any atom is -0.449 e. The van der Waals surface area contributed by atoms with E-state index in [1.807, 2.05) is 24.3 Å². The van der Waals surface area contributed by atoms with Gasteiger partial charge in [0, 0.05) is 18.5 Å². The van der Waals surface area contributed by atoms with Crippen molar-refractivity contribution in [2.45, 2.75) is 45.3 Å². The lowest BCUT2D eigenvalue weighted by Crippen LogP contribution is -2.43. The highest BCUT2D eigenvalue weighted by Gasteiger charge is 2.29. The lowest BCUT2D eigenvalue weighted by molar-refractivity contribution is 0.0521. The maximum absolute atomic E-state index is 12.2. The highest BCUT2D eigenvalue weighted by atomic mass is 16.6. The van der Waals surface area contributed by atoms with E-state index in [-0.39, 0.29) is 25.1 Å². The first-order valence-corrected chi connectivity index (χ1v) is 9.83. The zero-order chi connectivity index (χ0) is 21.0. The zero-order valence-corrected chi connectivity index (χ0v) is 17.3. The van der Waals surface area contributed by atoms with E-state index in [0.717, 1.165) is 0 Å². The number of hydrogen-bond donors (Lipinski definition) is 2. The number of hydrogen-bond acceptors (Lipinski definition) is 4. The minimum absolute atomic E-state index is 0.0170. The number of rotatable bonds is 5. The summed E-state index contributed by atoms with van der Waals surface area (Å²) in [5, 5.41) is 5.37. The summed E-state index contributed by atoms with van der Waals surface area (Å²) in [6, 6.07) is 16.1. The topological polar surface area (TPSA) is 76.7 Å². The Morgan fingerprint density at radius 3 is 2.07 bits per heavy atom. The molecule has 3 rings (SSSR count). The predicted octanol–water partition coefficient (Wildman–Crippen LogP) is 4.44. The summed E-state index contributed by atoms with van der Waals surface area (Å²) < 4.78 is 10.7. The Bertz CT molecular complexity index is 843. The van der Waals surface area contributed by atoms with Crippen molar-refractivity contribution in [3.8, 4) is 11.1 Å². The molecular weight excluding hydrogens is 368 g/mol. The highest BCUT2D eigenvalue weighted by Crippen LogP contribution is 2.44. The summed E-state index contributed by atoms with van der Waals surface area (Å²) in [4.78, 5) is 23.9. The Morgan fingerprint density at radius 1 is 0.966 bits per heavy atom. The zero-order valence-electron chi connectivity index (χ0n) is 17.3. The first-order valence-electron chi connectivity index (χ1n) is 9.83. The first-order chi connectivity index (χ1) is 13.7. The summed E-state index contributed by atoms with van der Waals surface area (Å²) in [6.07, 6.45) is -1.02. The molecule has 0 aromatic heterocycles. The van der Waals surface area contributed by atoms with Gasteiger partial charge < -0.3 is 20.1 Å². The summed E-state index contributed by atoms with van der Waals surface area (Å²) in [5.41, 5.74) is 4.15. The van der Waals surface area contributed by atoms with Crippen LogP contribution in [0.5, 0.6) is 0 Å². The van der Waals surface area contributed by atoms with E-state index < -0.39 is 17.8 Å². The van der Waals surface area contributed by atoms with Gasteiger partial charge in [0.25, 0.3) is 0 Å². The highest BCUT2D eigenvalue weighted by molar-refractivity contribution is 5.79. The Hall–Kier alpha value is -3.02. The van der Waals surface area contributed by atoms with Gasteiger partial charge in [-0.15, -0.1) is 0 Å². The molecule has 0 fully saturated rings. The fourth-order valence-corrected chi connectivity index (χ4v) is 3.44. The average molecular weight is 396 g/mol. The number of carbonyl (C=O) groups is 2. The maximum Gasteiger partial charge on any atom is 0.407 e. The number of amides is 2. The van der Waals surface area contributed by atoms with Gasteiger partial charge in [-0.05, 0) is 49.9 Å². The van der Waals surface area contributed by atoms with Crippen LogP contribution in [0.15, 0.2) is 48.5 Å². The number of nitrogens with one attached hydrogen (secondary N) is 2. The second-order valence-corrected chi connectivity index (χ2v) is 8.25. The summed E-state index contributed by atoms with van der Waals surface area (Å²) in [5.74, 6) is 0.0170. The van der Waals surface area contributed by atoms with Crippen molar-refractivity contribution in [1.29, 1.82) is 0 Å². The molecule has 0 unspecified atom stereocenters. The largest absolute Gasteiger partial charge is 0.449 e. The van der Waals surface area contributed by atoms with E-state index in [4.69, 9.17) is 9.47 Å². The van der Waals surface area contributed by atoms with Gasteiger partial charge in [0.2, 0.25) is 0 Å². The van der Waals surface area contributed by atoms with E-state index in [1.165, 1.54) is 22.3 Å². The Kier molecular flexibility index (Phi) is 6.11. The van der Waals surface area contributed by atoms with Crippen molar-refractivity contribution >= 4 is 12.2 Å². The molecule has 2 aromatic rings. The van der Waals surface area contributed by atoms with Gasteiger partial charge in [-0.1, -0.05) is 48.5 Å². The van der Waals surface area contributed by atoms with E-state index in [0.29, 0.717) is 0 Å². The molecule has 1 aliphatic carbocycles. The number of benzene rings is 2. The van der Waals surface area contributed by atoms with Crippen molar-refractivity contribution < 1.29 is 19.1 Å². The molecule has 1 aliphatic rings. The van der Waals surface area contributed by atoms with Crippen LogP contribution in [0.2, 0.25) is 0 Å². The molecule has 0 aliphatic heterocycles. The molecule has 0 saturated carbocycles. The Labute approximate surface area is 171 Å². The van der Waals surface area contributed by atoms with Crippen molar-refractivity contribution in [2.24, 2.45) is 0 Å². The molecule has 6 nitrogen and oxygen atoms in total. The molecule has 0 radical (unpaired) electrons. The molecule has 154 valence electrons. The fourth-order valence-electron chi connectivity index (χ4n) is 3.44. The third kappa shape index (κ3) is 5.28. The van der Waals surface area contributed by atoms with Gasteiger partial charge in [-0.25, -0.2) is 9.59 Å². The smallest absolute Gasteiger partial charge is 0.407 e. The minimum atomic E-state index is -0.562. The van der Waals surface area contributed by atoms with Crippen LogP contribution in [-0.4, -0.2) is 37.0 Å². The van der Waals surface area contributed by atoms with Gasteiger partial charge in [0.15, 0.2) is 0 Å². The molecule has 0 spiro atoms. The third-order valence-electron chi connectivity index (χ3n) is 4.66. The van der Waals surface area contributed by atoms with Gasteiger partial charge in [-0.3, -0.25) is 0 Å². The second kappa shape index (κ2) is 8.55. The van der Waals surface area contributed by atoms with Crippen LogP contribution >= 0.6 is 0 Å². The third-order valence-corrected chi connectivity index (χ3v) is 4.66. The van der Waals surface area contributed by atoms with Crippen molar-refractivity contribution in [2.75, 3.05) is 13.2 Å². The fraction of sp³-hybridized carbons (Fsp3) is 0.391. The van der Waals surface area contributed by atoms with Crippen molar-refractivity contribution in [3.63, 3.8) is 0 Å². The van der Waals surface area contributed by atoms with Crippen molar-refractivity contribution in [1.82, 2.24) is 10.6 Å². The standard InChI is InChI=1S/C23H28N2O4/c1-15(13-24-21(26)29-23(2,3)4)25-22(27)28-14-20-18-11-7-5-9-16(18)17-10-6-8-12-19(17)20/h5-12,15,20H,13-14H2,1-4H3,(H,24,26)(H,25,27)/t15-/m1/s1. The van der Waals surface area contributed by atoms with Crippen LogP contribution in [0.1, 0.15) is 44.7 Å². The summed E-state index contributed by atoms with van der Waals surface area (Å²) in [6.45, 7) is 7.69. The van der Waals surface area contributed by atoms with Gasteiger partial charge >= 0.3 is 12.2 Å². The number of carbonyl (C=O) groups excluding carboxylic acids is 2. The Balaban J connectivity index is 1.52. The molecule has 2 N–H and O–H groups in total. The van der Waals surface area contributed by atoms with E-state index in [2.05, 4.69) is 34.9 Å². The maximum atomic E-state index is 12.2. The Morgan fingerprint density at radius 2 is 1.52 bits per heavy atom. The van der Waals surface area contributed by atoms with Crippen LogP contribution in [0.3, 0.4) is 0 Å². The predicted molar refractivity (Wildman–Crippen MR) is 112 cm³/mol. The molecule has 0 heterocycles. The van der Waals surface area contributed by atoms with Gasteiger partial charge in [-0.2, -0.15) is 0 Å². The summed E-state index contributed by atoms with van der Waals surface area (Å²) >= 11 is 0. The molecule has 1 atom stereocenters. The number of alkyl carbamates (subject to hydrolysis) is 2. The average Bonchev–Trinajstić information content (AvgIpc) is 2.97. The van der Waals surface area contributed by atoms with Crippen LogP contribution in [-0.2, 0) is 9.47 Å². The van der Waals surface area contributed by atoms with Crippen LogP contribution in [0, 0.1) is 0 Å². The monoisotopic (exact) mass is 396 g/mol. The second-order valence-electron chi connectivity index (χ2n) is 8.25. The lowest BCUT2D eigenvalue weighted by atomic mass is 9.98. The normalized spacial score (nSPS) is 13.8. The van der Waals surface area contributed by atoms with Gasteiger partial charge in [0.05, 0.1) is 0 Å². The molecule has 0 saturated heterocycles. The SMILES string of the molecule is C[C@H](CNC(=O)OC(C)(C)C)NC(=O)OCC1c2ccccc2-c2ccccc21. The lowest BCUT2D eigenvalue weighted by Gasteiger charge is -2.21. The molecule has 0 bridgehead atoms. The van der Waals surface area contributed by atoms with Crippen molar-refractivity contribution in [3.05, 3.63) is 59.7 Å². The molecule has 29 heavy (non-hydrogen) atoms. The molecule has 2 aromatic carbocycles. The van der Waals surface area contributed by atoms with E-state index in [1.54, 1.807) is 27.7 Å². The first kappa shape index (κ1) is 20.7. The number of ether oxygens (including phenoxy) is 2. The van der Waals surface area contributed by atoms with Crippen LogP contribution < -0.4 is 10.6 Å².